The highest BCUT2D eigenvalue weighted by atomic mass is 19.1. The summed E-state index contributed by atoms with van der Waals surface area (Å²) in [4.78, 5) is 12.1. The SMILES string of the molecule is Cc1c(C(=O)NCC(O)c2c(F)cccc2F)cnn1C(C)C. The maximum Gasteiger partial charge on any atom is 0.254 e. The molecule has 1 atom stereocenters. The number of amides is 1. The molecule has 5 nitrogen and oxygen atoms in total. The quantitative estimate of drug-likeness (QED) is 0.888. The minimum absolute atomic E-state index is 0.106. The molecule has 23 heavy (non-hydrogen) atoms. The summed E-state index contributed by atoms with van der Waals surface area (Å²) >= 11 is 0. The molecule has 0 fully saturated rings. The third kappa shape index (κ3) is 3.56. The van der Waals surface area contributed by atoms with Gasteiger partial charge in [0.25, 0.3) is 5.91 Å². The number of aliphatic hydroxyl groups excluding tert-OH is 1. The lowest BCUT2D eigenvalue weighted by atomic mass is 10.1. The van der Waals surface area contributed by atoms with E-state index in [1.54, 1.807) is 11.6 Å². The van der Waals surface area contributed by atoms with Gasteiger partial charge in [-0.3, -0.25) is 9.48 Å². The Hall–Kier alpha value is -2.28. The molecule has 0 aliphatic heterocycles. The van der Waals surface area contributed by atoms with Crippen LogP contribution < -0.4 is 5.32 Å². The zero-order valence-corrected chi connectivity index (χ0v) is 13.2. The van der Waals surface area contributed by atoms with Crippen LogP contribution in [0.2, 0.25) is 0 Å². The summed E-state index contributed by atoms with van der Waals surface area (Å²) in [6.07, 6.45) is -0.0404. The molecule has 2 aromatic rings. The second-order valence-electron chi connectivity index (χ2n) is 5.54. The van der Waals surface area contributed by atoms with Gasteiger partial charge in [-0.1, -0.05) is 6.07 Å². The molecule has 1 heterocycles. The third-order valence-electron chi connectivity index (χ3n) is 3.57. The number of carbonyl (C=O) groups excluding carboxylic acids is 1. The van der Waals surface area contributed by atoms with Crippen LogP contribution in [0.1, 0.15) is 47.6 Å². The fourth-order valence-electron chi connectivity index (χ4n) is 2.38. The Morgan fingerprint density at radius 3 is 2.48 bits per heavy atom. The molecule has 2 N–H and O–H groups in total. The van der Waals surface area contributed by atoms with Crippen LogP contribution >= 0.6 is 0 Å². The number of hydrogen-bond acceptors (Lipinski definition) is 3. The summed E-state index contributed by atoms with van der Waals surface area (Å²) in [7, 11) is 0. The van der Waals surface area contributed by atoms with Gasteiger partial charge in [-0.2, -0.15) is 5.10 Å². The van der Waals surface area contributed by atoms with E-state index >= 15 is 0 Å². The zero-order valence-electron chi connectivity index (χ0n) is 13.2. The lowest BCUT2D eigenvalue weighted by Gasteiger charge is -2.14. The maximum absolute atomic E-state index is 13.6. The van der Waals surface area contributed by atoms with E-state index in [9.17, 15) is 18.7 Å². The fourth-order valence-corrected chi connectivity index (χ4v) is 2.38. The van der Waals surface area contributed by atoms with Crippen molar-refractivity contribution >= 4 is 5.91 Å². The predicted molar refractivity (Wildman–Crippen MR) is 81.0 cm³/mol. The predicted octanol–water partition coefficient (Wildman–Crippen LogP) is 2.51. The van der Waals surface area contributed by atoms with Crippen LogP contribution in [-0.2, 0) is 0 Å². The Morgan fingerprint density at radius 2 is 1.96 bits per heavy atom. The Balaban J connectivity index is 2.07. The maximum atomic E-state index is 13.6. The molecule has 0 aliphatic carbocycles. The van der Waals surface area contributed by atoms with Gasteiger partial charge in [-0.15, -0.1) is 0 Å². The van der Waals surface area contributed by atoms with Crippen LogP contribution in [0, 0.1) is 18.6 Å². The number of halogens is 2. The molecule has 124 valence electrons. The average Bonchev–Trinajstić information content (AvgIpc) is 2.86. The van der Waals surface area contributed by atoms with Gasteiger partial charge < -0.3 is 10.4 Å². The van der Waals surface area contributed by atoms with E-state index in [0.717, 1.165) is 12.1 Å². The van der Waals surface area contributed by atoms with Crippen LogP contribution in [0.5, 0.6) is 0 Å². The number of rotatable bonds is 5. The number of nitrogens with zero attached hydrogens (tertiary/aromatic N) is 2. The van der Waals surface area contributed by atoms with Gasteiger partial charge in [0.2, 0.25) is 0 Å². The highest BCUT2D eigenvalue weighted by Gasteiger charge is 2.20. The molecule has 1 aromatic heterocycles. The highest BCUT2D eigenvalue weighted by molar-refractivity contribution is 5.95. The van der Waals surface area contributed by atoms with Crippen molar-refractivity contribution in [2.45, 2.75) is 32.9 Å². The van der Waals surface area contributed by atoms with E-state index in [1.165, 1.54) is 12.3 Å². The molecule has 1 aromatic carbocycles. The summed E-state index contributed by atoms with van der Waals surface area (Å²) in [6, 6.07) is 3.43. The van der Waals surface area contributed by atoms with Crippen molar-refractivity contribution in [3.8, 4) is 0 Å². The Kier molecular flexibility index (Phi) is 5.10. The second kappa shape index (κ2) is 6.87. The van der Waals surface area contributed by atoms with Gasteiger partial charge in [0, 0.05) is 18.3 Å². The molecule has 0 aliphatic rings. The lowest BCUT2D eigenvalue weighted by molar-refractivity contribution is 0.0910. The highest BCUT2D eigenvalue weighted by Crippen LogP contribution is 2.20. The molecule has 1 unspecified atom stereocenters. The van der Waals surface area contributed by atoms with Crippen LogP contribution in [0.4, 0.5) is 8.78 Å². The van der Waals surface area contributed by atoms with Gasteiger partial charge in [0.05, 0.1) is 17.3 Å². The van der Waals surface area contributed by atoms with Crippen molar-refractivity contribution in [2.24, 2.45) is 0 Å². The van der Waals surface area contributed by atoms with Crippen molar-refractivity contribution in [2.75, 3.05) is 6.54 Å². The first-order chi connectivity index (χ1) is 10.8. The first-order valence-corrected chi connectivity index (χ1v) is 7.27. The zero-order chi connectivity index (χ0) is 17.1. The van der Waals surface area contributed by atoms with Gasteiger partial charge in [0.1, 0.15) is 17.7 Å². The number of nitrogens with one attached hydrogen (secondary N) is 1. The number of hydrogen-bond donors (Lipinski definition) is 2. The van der Waals surface area contributed by atoms with Crippen molar-refractivity contribution in [3.63, 3.8) is 0 Å². The summed E-state index contributed by atoms with van der Waals surface area (Å²) in [5, 5.41) is 16.5. The Bertz CT molecular complexity index is 693. The van der Waals surface area contributed by atoms with Gasteiger partial charge in [-0.25, -0.2) is 8.78 Å². The summed E-state index contributed by atoms with van der Waals surface area (Å²) < 4.78 is 28.9. The minimum Gasteiger partial charge on any atom is -0.386 e. The van der Waals surface area contributed by atoms with Crippen LogP contribution in [0.25, 0.3) is 0 Å². The molecule has 0 saturated carbocycles. The standard InChI is InChI=1S/C16H19F2N3O2/c1-9(2)21-10(3)11(7-20-21)16(23)19-8-14(22)15-12(17)5-4-6-13(15)18/h4-7,9,14,22H,8H2,1-3H3,(H,19,23). The lowest BCUT2D eigenvalue weighted by Crippen LogP contribution is -2.29. The van der Waals surface area contributed by atoms with Crippen molar-refractivity contribution < 1.29 is 18.7 Å². The van der Waals surface area contributed by atoms with Gasteiger partial charge in [0.15, 0.2) is 0 Å². The summed E-state index contributed by atoms with van der Waals surface area (Å²) in [5.74, 6) is -2.16. The van der Waals surface area contributed by atoms with E-state index in [-0.39, 0.29) is 12.6 Å². The molecule has 0 saturated heterocycles. The number of benzene rings is 1. The molecule has 2 rings (SSSR count). The molecule has 7 heteroatoms. The van der Waals surface area contributed by atoms with Crippen molar-refractivity contribution in [1.29, 1.82) is 0 Å². The monoisotopic (exact) mass is 323 g/mol. The Labute approximate surface area is 132 Å². The molecular formula is C16H19F2N3O2. The normalized spacial score (nSPS) is 12.5. The molecule has 0 radical (unpaired) electrons. The number of aromatic nitrogens is 2. The fraction of sp³-hybridized carbons (Fsp3) is 0.375. The first-order valence-electron chi connectivity index (χ1n) is 7.27. The smallest absolute Gasteiger partial charge is 0.254 e. The second-order valence-corrected chi connectivity index (χ2v) is 5.54. The average molecular weight is 323 g/mol. The van der Waals surface area contributed by atoms with Crippen molar-refractivity contribution in [3.05, 3.63) is 52.9 Å². The van der Waals surface area contributed by atoms with Crippen LogP contribution in [0.3, 0.4) is 0 Å². The number of aliphatic hydroxyl groups is 1. The molecule has 1 amide bonds. The van der Waals surface area contributed by atoms with Crippen LogP contribution in [0.15, 0.2) is 24.4 Å². The Morgan fingerprint density at radius 1 is 1.35 bits per heavy atom. The topological polar surface area (TPSA) is 67.2 Å². The summed E-state index contributed by atoms with van der Waals surface area (Å²) in [5.41, 5.74) is 0.589. The van der Waals surface area contributed by atoms with E-state index in [2.05, 4.69) is 10.4 Å². The first kappa shape index (κ1) is 17.1. The van der Waals surface area contributed by atoms with E-state index in [4.69, 9.17) is 0 Å². The van der Waals surface area contributed by atoms with E-state index in [1.807, 2.05) is 13.8 Å². The number of carbonyl (C=O) groups is 1. The molecule has 0 spiro atoms. The third-order valence-corrected chi connectivity index (χ3v) is 3.57. The summed E-state index contributed by atoms with van der Waals surface area (Å²) in [6.45, 7) is 5.33. The van der Waals surface area contributed by atoms with Gasteiger partial charge >= 0.3 is 0 Å². The minimum atomic E-state index is -1.47. The van der Waals surface area contributed by atoms with Crippen LogP contribution in [-0.4, -0.2) is 27.3 Å². The van der Waals surface area contributed by atoms with E-state index in [0.29, 0.717) is 11.3 Å². The van der Waals surface area contributed by atoms with Gasteiger partial charge in [-0.05, 0) is 32.9 Å². The largest absolute Gasteiger partial charge is 0.386 e. The molecular weight excluding hydrogens is 304 g/mol. The molecule has 0 bridgehead atoms. The van der Waals surface area contributed by atoms with E-state index < -0.39 is 29.2 Å². The van der Waals surface area contributed by atoms with Crippen molar-refractivity contribution in [1.82, 2.24) is 15.1 Å².